The Labute approximate surface area is 167 Å². The number of hydrogen-bond donors (Lipinski definition) is 2. The normalized spacial score (nSPS) is 10.8. The molecule has 4 aromatic rings. The first kappa shape index (κ1) is 18.8. The molecule has 0 spiro atoms. The minimum absolute atomic E-state index is 0.0902. The predicted molar refractivity (Wildman–Crippen MR) is 107 cm³/mol. The van der Waals surface area contributed by atoms with Crippen molar-refractivity contribution < 1.29 is 14.5 Å². The fourth-order valence-electron chi connectivity index (χ4n) is 3.00. The van der Waals surface area contributed by atoms with Crippen LogP contribution in [0.1, 0.15) is 10.5 Å². The molecule has 0 aliphatic rings. The van der Waals surface area contributed by atoms with Crippen molar-refractivity contribution in [2.24, 2.45) is 5.73 Å². The Morgan fingerprint density at radius 1 is 1.13 bits per heavy atom. The van der Waals surface area contributed by atoms with Crippen LogP contribution in [0.25, 0.3) is 28.2 Å². The summed E-state index contributed by atoms with van der Waals surface area (Å²) in [5, 5.41) is 10.9. The molecule has 0 fully saturated rings. The zero-order chi connectivity index (χ0) is 21.4. The van der Waals surface area contributed by atoms with Gasteiger partial charge in [-0.05, 0) is 36.4 Å². The monoisotopic (exact) mass is 406 g/mol. The molecule has 0 saturated carbocycles. The van der Waals surface area contributed by atoms with Crippen molar-refractivity contribution >= 4 is 22.8 Å². The first-order valence-electron chi connectivity index (χ1n) is 8.61. The average molecular weight is 406 g/mol. The largest absolute Gasteiger partial charge is 0.497 e. The number of imidazole rings is 1. The van der Waals surface area contributed by atoms with Crippen LogP contribution in [0.3, 0.4) is 0 Å². The standard InChI is InChI=1S/C19H14N6O5/c1-30-13-8-6-11(7-9-13)24-18-15(22-19(24)27)14(16(20)26)21-17(23-18)10-2-4-12(5-3-10)25(28)29/h2-9H,1H3,(H2,20,26)(H,22,27). The Kier molecular flexibility index (Phi) is 4.47. The molecule has 150 valence electrons. The van der Waals surface area contributed by atoms with Gasteiger partial charge in [0.15, 0.2) is 17.2 Å². The minimum Gasteiger partial charge on any atom is -0.497 e. The number of carbonyl (C=O) groups excluding carboxylic acids is 1. The Morgan fingerprint density at radius 3 is 2.37 bits per heavy atom. The number of primary amides is 1. The van der Waals surface area contributed by atoms with Crippen molar-refractivity contribution in [2.45, 2.75) is 0 Å². The molecule has 2 aromatic carbocycles. The van der Waals surface area contributed by atoms with E-state index in [9.17, 15) is 19.7 Å². The number of nitrogens with two attached hydrogens (primary N) is 1. The van der Waals surface area contributed by atoms with Crippen molar-refractivity contribution in [2.75, 3.05) is 7.11 Å². The van der Waals surface area contributed by atoms with Gasteiger partial charge in [0.05, 0.1) is 17.7 Å². The molecule has 1 amide bonds. The smallest absolute Gasteiger partial charge is 0.332 e. The molecular formula is C19H14N6O5. The molecule has 4 rings (SSSR count). The van der Waals surface area contributed by atoms with Crippen LogP contribution in [-0.4, -0.2) is 37.5 Å². The third-order valence-electron chi connectivity index (χ3n) is 4.44. The summed E-state index contributed by atoms with van der Waals surface area (Å²) in [6, 6.07) is 12.2. The number of hydrogen-bond acceptors (Lipinski definition) is 7. The summed E-state index contributed by atoms with van der Waals surface area (Å²) < 4.78 is 6.40. The lowest BCUT2D eigenvalue weighted by Crippen LogP contribution is -2.15. The SMILES string of the molecule is COc1ccc(-n2c(=O)[nH]c3c(C(N)=O)nc(-c4ccc([N+](=O)[O-])cc4)nc32)cc1. The van der Waals surface area contributed by atoms with Crippen molar-refractivity contribution in [1.29, 1.82) is 0 Å². The highest BCUT2D eigenvalue weighted by molar-refractivity contribution is 6.02. The van der Waals surface area contributed by atoms with E-state index in [-0.39, 0.29) is 28.4 Å². The van der Waals surface area contributed by atoms with Crippen LogP contribution in [0.4, 0.5) is 5.69 Å². The molecule has 0 unspecified atom stereocenters. The van der Waals surface area contributed by atoms with Gasteiger partial charge >= 0.3 is 5.69 Å². The number of nitro groups is 1. The highest BCUT2D eigenvalue weighted by Crippen LogP contribution is 2.24. The second-order valence-electron chi connectivity index (χ2n) is 6.23. The zero-order valence-corrected chi connectivity index (χ0v) is 15.5. The van der Waals surface area contributed by atoms with Crippen LogP contribution in [0.15, 0.2) is 53.3 Å². The number of nitrogens with one attached hydrogen (secondary N) is 1. The Morgan fingerprint density at radius 2 is 1.80 bits per heavy atom. The van der Waals surface area contributed by atoms with E-state index in [4.69, 9.17) is 10.5 Å². The highest BCUT2D eigenvalue weighted by atomic mass is 16.6. The number of non-ortho nitro benzene ring substituents is 1. The van der Waals surface area contributed by atoms with Gasteiger partial charge in [-0.1, -0.05) is 0 Å². The molecule has 0 aliphatic heterocycles. The molecular weight excluding hydrogens is 392 g/mol. The van der Waals surface area contributed by atoms with Crippen molar-refractivity contribution in [1.82, 2.24) is 19.5 Å². The Balaban J connectivity index is 1.96. The molecule has 2 aromatic heterocycles. The summed E-state index contributed by atoms with van der Waals surface area (Å²) in [4.78, 5) is 46.1. The molecule has 2 heterocycles. The number of rotatable bonds is 5. The summed E-state index contributed by atoms with van der Waals surface area (Å²) in [7, 11) is 1.52. The van der Waals surface area contributed by atoms with Gasteiger partial charge in [0.1, 0.15) is 11.3 Å². The summed E-state index contributed by atoms with van der Waals surface area (Å²) in [5.41, 5.74) is 5.78. The minimum atomic E-state index is -0.853. The lowest BCUT2D eigenvalue weighted by atomic mass is 10.2. The summed E-state index contributed by atoms with van der Waals surface area (Å²) >= 11 is 0. The molecule has 0 atom stereocenters. The van der Waals surface area contributed by atoms with Crippen LogP contribution >= 0.6 is 0 Å². The van der Waals surface area contributed by atoms with E-state index >= 15 is 0 Å². The highest BCUT2D eigenvalue weighted by Gasteiger charge is 2.20. The molecule has 0 radical (unpaired) electrons. The van der Waals surface area contributed by atoms with E-state index in [1.54, 1.807) is 24.3 Å². The Bertz CT molecular complexity index is 1340. The van der Waals surface area contributed by atoms with E-state index in [0.29, 0.717) is 17.0 Å². The fourth-order valence-corrected chi connectivity index (χ4v) is 3.00. The third-order valence-corrected chi connectivity index (χ3v) is 4.44. The van der Waals surface area contributed by atoms with E-state index in [2.05, 4.69) is 15.0 Å². The lowest BCUT2D eigenvalue weighted by molar-refractivity contribution is -0.384. The first-order valence-corrected chi connectivity index (χ1v) is 8.61. The van der Waals surface area contributed by atoms with E-state index in [1.807, 2.05) is 0 Å². The molecule has 0 saturated heterocycles. The number of benzene rings is 2. The number of H-pyrrole nitrogens is 1. The maximum atomic E-state index is 12.6. The first-order chi connectivity index (χ1) is 14.4. The van der Waals surface area contributed by atoms with Crippen LogP contribution in [-0.2, 0) is 0 Å². The van der Waals surface area contributed by atoms with Gasteiger partial charge in [-0.2, -0.15) is 0 Å². The zero-order valence-electron chi connectivity index (χ0n) is 15.5. The van der Waals surface area contributed by atoms with Gasteiger partial charge in [0, 0.05) is 17.7 Å². The molecule has 11 heteroatoms. The third kappa shape index (κ3) is 3.13. The summed E-state index contributed by atoms with van der Waals surface area (Å²) in [5.74, 6) is -0.160. The topological polar surface area (TPSA) is 159 Å². The maximum absolute atomic E-state index is 12.6. The maximum Gasteiger partial charge on any atom is 0.332 e. The number of methoxy groups -OCH3 is 1. The average Bonchev–Trinajstić information content (AvgIpc) is 3.08. The van der Waals surface area contributed by atoms with Crippen LogP contribution in [0.2, 0.25) is 0 Å². The predicted octanol–water partition coefficient (Wildman–Crippen LogP) is 1.79. The second-order valence-corrected chi connectivity index (χ2v) is 6.23. The number of fused-ring (bicyclic) bond motifs is 1. The number of nitrogens with zero attached hydrogens (tertiary/aromatic N) is 4. The number of aromatic nitrogens is 4. The lowest BCUT2D eigenvalue weighted by Gasteiger charge is -2.07. The van der Waals surface area contributed by atoms with E-state index in [0.717, 1.165) is 0 Å². The number of carbonyl (C=O) groups is 1. The van der Waals surface area contributed by atoms with Crippen LogP contribution < -0.4 is 16.2 Å². The number of ether oxygens (including phenoxy) is 1. The van der Waals surface area contributed by atoms with E-state index in [1.165, 1.54) is 35.9 Å². The molecule has 11 nitrogen and oxygen atoms in total. The van der Waals surface area contributed by atoms with Crippen LogP contribution in [0.5, 0.6) is 5.75 Å². The summed E-state index contributed by atoms with van der Waals surface area (Å²) in [6.45, 7) is 0. The number of amides is 1. The quantitative estimate of drug-likeness (QED) is 0.377. The second kappa shape index (κ2) is 7.13. The number of aromatic amines is 1. The molecule has 0 bridgehead atoms. The van der Waals surface area contributed by atoms with Gasteiger partial charge < -0.3 is 15.5 Å². The number of nitro benzene ring substituents is 1. The Hall–Kier alpha value is -4.54. The van der Waals surface area contributed by atoms with Gasteiger partial charge in [-0.25, -0.2) is 19.3 Å². The summed E-state index contributed by atoms with van der Waals surface area (Å²) in [6.07, 6.45) is 0. The molecule has 3 N–H and O–H groups in total. The van der Waals surface area contributed by atoms with Gasteiger partial charge in [0.2, 0.25) is 0 Å². The molecule has 30 heavy (non-hydrogen) atoms. The van der Waals surface area contributed by atoms with Crippen LogP contribution in [0, 0.1) is 10.1 Å². The van der Waals surface area contributed by atoms with Crippen molar-refractivity contribution in [3.05, 3.63) is 74.8 Å². The van der Waals surface area contributed by atoms with Crippen molar-refractivity contribution in [3.63, 3.8) is 0 Å². The van der Waals surface area contributed by atoms with Gasteiger partial charge in [-0.15, -0.1) is 0 Å². The molecule has 0 aliphatic carbocycles. The van der Waals surface area contributed by atoms with Gasteiger partial charge in [-0.3, -0.25) is 14.9 Å². The van der Waals surface area contributed by atoms with Gasteiger partial charge in [0.25, 0.3) is 11.6 Å². The fraction of sp³-hybridized carbons (Fsp3) is 0.0526. The van der Waals surface area contributed by atoms with Crippen molar-refractivity contribution in [3.8, 4) is 22.8 Å². The van der Waals surface area contributed by atoms with E-state index < -0.39 is 16.5 Å².